The first-order chi connectivity index (χ1) is 9.10. The van der Waals surface area contributed by atoms with Crippen molar-refractivity contribution in [1.29, 1.82) is 0 Å². The first-order valence-corrected chi connectivity index (χ1v) is 6.23. The molecule has 0 unspecified atom stereocenters. The van der Waals surface area contributed by atoms with E-state index in [1.807, 2.05) is 0 Å². The van der Waals surface area contributed by atoms with E-state index in [-0.39, 0.29) is 18.2 Å². The van der Waals surface area contributed by atoms with E-state index >= 15 is 0 Å². The standard InChI is InChI=1S/C12H12BrFN4O/c1-19-6-11-16-9(15)5-10(17-11)18-12-7(13)3-2-4-8(12)14/h2-5H,6H2,1H3,(H3,15,16,17,18). The molecule has 19 heavy (non-hydrogen) atoms. The minimum Gasteiger partial charge on any atom is -0.384 e. The van der Waals surface area contributed by atoms with Gasteiger partial charge in [0.15, 0.2) is 5.82 Å². The van der Waals surface area contributed by atoms with Gasteiger partial charge in [-0.05, 0) is 28.1 Å². The molecule has 1 aromatic heterocycles. The van der Waals surface area contributed by atoms with Gasteiger partial charge in [0.1, 0.15) is 24.1 Å². The van der Waals surface area contributed by atoms with E-state index in [0.29, 0.717) is 21.8 Å². The van der Waals surface area contributed by atoms with E-state index in [9.17, 15) is 4.39 Å². The molecule has 0 aliphatic rings. The summed E-state index contributed by atoms with van der Waals surface area (Å²) < 4.78 is 19.2. The summed E-state index contributed by atoms with van der Waals surface area (Å²) in [5.41, 5.74) is 5.96. The van der Waals surface area contributed by atoms with Gasteiger partial charge in [0.25, 0.3) is 0 Å². The SMILES string of the molecule is COCc1nc(N)cc(Nc2c(F)cccc2Br)n1. The van der Waals surface area contributed by atoms with E-state index in [1.54, 1.807) is 12.1 Å². The fourth-order valence-corrected chi connectivity index (χ4v) is 1.96. The monoisotopic (exact) mass is 326 g/mol. The van der Waals surface area contributed by atoms with E-state index in [1.165, 1.54) is 19.2 Å². The van der Waals surface area contributed by atoms with Gasteiger partial charge in [0.2, 0.25) is 0 Å². The minimum absolute atomic E-state index is 0.234. The van der Waals surface area contributed by atoms with Gasteiger partial charge >= 0.3 is 0 Å². The Morgan fingerprint density at radius 2 is 2.21 bits per heavy atom. The van der Waals surface area contributed by atoms with Crippen molar-refractivity contribution < 1.29 is 9.13 Å². The average molecular weight is 327 g/mol. The summed E-state index contributed by atoms with van der Waals surface area (Å²) in [5, 5.41) is 2.87. The molecule has 1 heterocycles. The molecule has 1 aromatic carbocycles. The third kappa shape index (κ3) is 3.39. The van der Waals surface area contributed by atoms with Crippen molar-refractivity contribution in [2.45, 2.75) is 6.61 Å². The topological polar surface area (TPSA) is 73.1 Å². The summed E-state index contributed by atoms with van der Waals surface area (Å²) in [6.45, 7) is 0.234. The summed E-state index contributed by atoms with van der Waals surface area (Å²) in [5.74, 6) is 0.736. The molecule has 0 spiro atoms. The Hall–Kier alpha value is -1.73. The smallest absolute Gasteiger partial charge is 0.158 e. The number of anilines is 3. The number of methoxy groups -OCH3 is 1. The van der Waals surface area contributed by atoms with Crippen LogP contribution in [0.4, 0.5) is 21.7 Å². The second-order valence-corrected chi connectivity index (χ2v) is 4.60. The number of hydrogen-bond acceptors (Lipinski definition) is 5. The molecular formula is C12H12BrFN4O. The third-order valence-electron chi connectivity index (χ3n) is 2.28. The van der Waals surface area contributed by atoms with Crippen molar-refractivity contribution in [3.63, 3.8) is 0 Å². The molecule has 0 radical (unpaired) electrons. The van der Waals surface area contributed by atoms with Crippen LogP contribution in [0.2, 0.25) is 0 Å². The van der Waals surface area contributed by atoms with Crippen molar-refractivity contribution in [1.82, 2.24) is 9.97 Å². The van der Waals surface area contributed by atoms with Gasteiger partial charge in [-0.25, -0.2) is 14.4 Å². The Labute approximate surface area is 118 Å². The zero-order valence-electron chi connectivity index (χ0n) is 10.2. The predicted octanol–water partition coefficient (Wildman–Crippen LogP) is 2.85. The number of hydrogen-bond donors (Lipinski definition) is 2. The minimum atomic E-state index is -0.389. The lowest BCUT2D eigenvalue weighted by atomic mass is 10.3. The quantitative estimate of drug-likeness (QED) is 0.903. The van der Waals surface area contributed by atoms with Crippen LogP contribution in [0.1, 0.15) is 5.82 Å². The first-order valence-electron chi connectivity index (χ1n) is 5.43. The number of nitrogens with one attached hydrogen (secondary N) is 1. The molecule has 2 aromatic rings. The highest BCUT2D eigenvalue weighted by atomic mass is 79.9. The van der Waals surface area contributed by atoms with Gasteiger partial charge < -0.3 is 15.8 Å². The number of aromatic nitrogens is 2. The third-order valence-corrected chi connectivity index (χ3v) is 2.94. The van der Waals surface area contributed by atoms with Gasteiger partial charge in [-0.3, -0.25) is 0 Å². The van der Waals surface area contributed by atoms with Crippen LogP contribution in [-0.2, 0) is 11.3 Å². The molecule has 0 saturated carbocycles. The Morgan fingerprint density at radius 1 is 1.42 bits per heavy atom. The number of nitrogens with zero attached hydrogens (tertiary/aromatic N) is 2. The highest BCUT2D eigenvalue weighted by molar-refractivity contribution is 9.10. The maximum atomic E-state index is 13.7. The van der Waals surface area contributed by atoms with E-state index < -0.39 is 0 Å². The van der Waals surface area contributed by atoms with Crippen LogP contribution in [0.3, 0.4) is 0 Å². The number of benzene rings is 1. The molecule has 0 amide bonds. The number of halogens is 2. The maximum Gasteiger partial charge on any atom is 0.158 e. The van der Waals surface area contributed by atoms with Crippen molar-refractivity contribution in [2.75, 3.05) is 18.2 Å². The zero-order chi connectivity index (χ0) is 13.8. The van der Waals surface area contributed by atoms with E-state index in [2.05, 4.69) is 31.2 Å². The predicted molar refractivity (Wildman–Crippen MR) is 74.5 cm³/mol. The van der Waals surface area contributed by atoms with Gasteiger partial charge in [-0.2, -0.15) is 0 Å². The molecule has 3 N–H and O–H groups in total. The summed E-state index contributed by atoms with van der Waals surface area (Å²) in [6.07, 6.45) is 0. The normalized spacial score (nSPS) is 10.5. The molecular weight excluding hydrogens is 315 g/mol. The number of nitrogen functional groups attached to an aromatic ring is 1. The molecule has 0 bridgehead atoms. The lowest BCUT2D eigenvalue weighted by Gasteiger charge is -2.10. The Balaban J connectivity index is 2.33. The van der Waals surface area contributed by atoms with Crippen LogP contribution >= 0.6 is 15.9 Å². The van der Waals surface area contributed by atoms with Crippen LogP contribution < -0.4 is 11.1 Å². The van der Waals surface area contributed by atoms with Gasteiger partial charge in [0.05, 0.1) is 5.69 Å². The molecule has 0 saturated heterocycles. The van der Waals surface area contributed by atoms with Gasteiger partial charge in [-0.15, -0.1) is 0 Å². The lowest BCUT2D eigenvalue weighted by molar-refractivity contribution is 0.178. The average Bonchev–Trinajstić information content (AvgIpc) is 2.34. The number of nitrogens with two attached hydrogens (primary N) is 1. The molecule has 7 heteroatoms. The van der Waals surface area contributed by atoms with Crippen LogP contribution in [-0.4, -0.2) is 17.1 Å². The van der Waals surface area contributed by atoms with Crippen LogP contribution in [0.5, 0.6) is 0 Å². The zero-order valence-corrected chi connectivity index (χ0v) is 11.7. The Bertz CT molecular complexity index is 574. The fraction of sp³-hybridized carbons (Fsp3) is 0.167. The highest BCUT2D eigenvalue weighted by Gasteiger charge is 2.09. The molecule has 0 aliphatic carbocycles. The summed E-state index contributed by atoms with van der Waals surface area (Å²) >= 11 is 3.27. The van der Waals surface area contributed by atoms with Crippen LogP contribution in [0, 0.1) is 5.82 Å². The van der Waals surface area contributed by atoms with E-state index in [0.717, 1.165) is 0 Å². The number of para-hydroxylation sites is 1. The molecule has 100 valence electrons. The summed E-state index contributed by atoms with van der Waals surface area (Å²) in [7, 11) is 1.53. The Kier molecular flexibility index (Phi) is 4.28. The first kappa shape index (κ1) is 13.7. The molecule has 0 aliphatic heterocycles. The Morgan fingerprint density at radius 3 is 2.89 bits per heavy atom. The van der Waals surface area contributed by atoms with Crippen molar-refractivity contribution in [3.8, 4) is 0 Å². The van der Waals surface area contributed by atoms with Crippen molar-refractivity contribution >= 4 is 33.3 Å². The lowest BCUT2D eigenvalue weighted by Crippen LogP contribution is -2.05. The van der Waals surface area contributed by atoms with Gasteiger partial charge in [0, 0.05) is 17.6 Å². The molecule has 0 fully saturated rings. The number of ether oxygens (including phenoxy) is 1. The molecule has 5 nitrogen and oxygen atoms in total. The molecule has 0 atom stereocenters. The van der Waals surface area contributed by atoms with Gasteiger partial charge in [-0.1, -0.05) is 6.07 Å². The second kappa shape index (κ2) is 5.94. The van der Waals surface area contributed by atoms with Crippen LogP contribution in [0.15, 0.2) is 28.7 Å². The fourth-order valence-electron chi connectivity index (χ4n) is 1.52. The van der Waals surface area contributed by atoms with Crippen molar-refractivity contribution in [2.24, 2.45) is 0 Å². The highest BCUT2D eigenvalue weighted by Crippen LogP contribution is 2.28. The molecule has 2 rings (SSSR count). The van der Waals surface area contributed by atoms with E-state index in [4.69, 9.17) is 10.5 Å². The summed E-state index contributed by atoms with van der Waals surface area (Å²) in [6, 6.07) is 6.22. The summed E-state index contributed by atoms with van der Waals surface area (Å²) in [4.78, 5) is 8.19. The second-order valence-electron chi connectivity index (χ2n) is 3.75. The number of rotatable bonds is 4. The maximum absolute atomic E-state index is 13.7. The van der Waals surface area contributed by atoms with Crippen LogP contribution in [0.25, 0.3) is 0 Å². The van der Waals surface area contributed by atoms with Crippen molar-refractivity contribution in [3.05, 3.63) is 40.4 Å². The largest absolute Gasteiger partial charge is 0.384 e.